The first kappa shape index (κ1) is 32.8. The smallest absolute Gasteiger partial charge is 0.364 e. The molecule has 3 aliphatic heterocycles. The van der Waals surface area contributed by atoms with Gasteiger partial charge in [0.05, 0.1) is 38.1 Å². The highest BCUT2D eigenvalue weighted by atomic mass is 16.7. The second-order valence-electron chi connectivity index (χ2n) is 9.92. The summed E-state index contributed by atoms with van der Waals surface area (Å²) in [6.07, 6.45) is -22.5. The zero-order valence-corrected chi connectivity index (χ0v) is 20.8. The molecule has 3 aliphatic rings. The van der Waals surface area contributed by atoms with Crippen LogP contribution in [0.15, 0.2) is 0 Å². The van der Waals surface area contributed by atoms with Crippen LogP contribution < -0.4 is 5.73 Å². The molecule has 0 aromatic carbocycles. The molecule has 0 amide bonds. The Bertz CT molecular complexity index is 896. The van der Waals surface area contributed by atoms with Crippen molar-refractivity contribution in [2.24, 2.45) is 5.73 Å². The minimum absolute atomic E-state index is 0.236. The second-order valence-corrected chi connectivity index (χ2v) is 9.92. The van der Waals surface area contributed by atoms with Crippen molar-refractivity contribution in [1.29, 1.82) is 0 Å². The lowest BCUT2D eigenvalue weighted by Gasteiger charge is -2.48. The molecular formula is C21H35NO18. The molecule has 3 rings (SSSR count). The van der Waals surface area contributed by atoms with Crippen LogP contribution >= 0.6 is 0 Å². The van der Waals surface area contributed by atoms with Crippen LogP contribution in [0.4, 0.5) is 0 Å². The van der Waals surface area contributed by atoms with Gasteiger partial charge < -0.3 is 85.6 Å². The van der Waals surface area contributed by atoms with Crippen molar-refractivity contribution in [2.45, 2.75) is 97.8 Å². The fourth-order valence-corrected chi connectivity index (χ4v) is 4.63. The van der Waals surface area contributed by atoms with Gasteiger partial charge in [0.25, 0.3) is 11.6 Å². The number of rotatable bonds is 10. The number of carboxylic acid groups (broad SMARTS) is 2. The summed E-state index contributed by atoms with van der Waals surface area (Å²) in [6, 6.07) is -0.937. The molecule has 0 aromatic rings. The number of carboxylic acids is 2. The molecular weight excluding hydrogens is 554 g/mol. The molecule has 0 spiro atoms. The van der Waals surface area contributed by atoms with Gasteiger partial charge in [-0.05, 0) is 0 Å². The van der Waals surface area contributed by atoms with E-state index in [0.717, 1.165) is 0 Å². The zero-order chi connectivity index (χ0) is 30.2. The van der Waals surface area contributed by atoms with E-state index in [4.69, 9.17) is 29.4 Å². The Hall–Kier alpha value is -1.66. The molecule has 19 nitrogen and oxygen atoms in total. The third kappa shape index (κ3) is 6.53. The molecule has 0 radical (unpaired) electrons. The summed E-state index contributed by atoms with van der Waals surface area (Å²) in [5.74, 6) is -10.1. The van der Waals surface area contributed by atoms with Gasteiger partial charge >= 0.3 is 11.9 Å². The Morgan fingerprint density at radius 1 is 0.900 bits per heavy atom. The predicted octanol–water partition coefficient (Wildman–Crippen LogP) is -7.28. The molecule has 40 heavy (non-hydrogen) atoms. The Labute approximate surface area is 225 Å². The summed E-state index contributed by atoms with van der Waals surface area (Å²) < 4.78 is 26.0. The SMILES string of the molecule is N[C@H]1CO[C@H](OC[C@@H](O)[C@H]2OC(O)(C(=O)O)C[C@@H](O[C@]3(C(=O)O)C[C@@H](O)[C@@H](O)[C@@H]([C@H](O)CO)O3)[C@H]2O)[C@H](O)[C@H]1O. The number of carbonyl (C=O) groups is 2. The van der Waals surface area contributed by atoms with Crippen LogP contribution in [-0.4, -0.2) is 173 Å². The normalized spacial score (nSPS) is 46.0. The maximum Gasteiger partial charge on any atom is 0.364 e. The van der Waals surface area contributed by atoms with Crippen molar-refractivity contribution in [3.05, 3.63) is 0 Å². The topological polar surface area (TPSA) is 329 Å². The van der Waals surface area contributed by atoms with E-state index >= 15 is 0 Å². The molecule has 0 aromatic heterocycles. The third-order valence-corrected chi connectivity index (χ3v) is 6.96. The Balaban J connectivity index is 1.83. The molecule has 0 saturated carbocycles. The highest BCUT2D eigenvalue weighted by Gasteiger charge is 2.60. The number of aliphatic hydroxyl groups excluding tert-OH is 8. The van der Waals surface area contributed by atoms with E-state index in [1.807, 2.05) is 0 Å². The monoisotopic (exact) mass is 589 g/mol. The Kier molecular flexibility index (Phi) is 10.4. The van der Waals surface area contributed by atoms with Crippen LogP contribution in [0.2, 0.25) is 0 Å². The van der Waals surface area contributed by atoms with E-state index in [-0.39, 0.29) is 6.61 Å². The van der Waals surface area contributed by atoms with Crippen molar-refractivity contribution < 1.29 is 89.4 Å². The van der Waals surface area contributed by atoms with Crippen LogP contribution in [0.3, 0.4) is 0 Å². The van der Waals surface area contributed by atoms with E-state index in [1.54, 1.807) is 0 Å². The summed E-state index contributed by atoms with van der Waals surface area (Å²) in [5, 5.41) is 111. The predicted molar refractivity (Wildman–Crippen MR) is 120 cm³/mol. The highest BCUT2D eigenvalue weighted by Crippen LogP contribution is 2.39. The maximum absolute atomic E-state index is 12.2. The summed E-state index contributed by atoms with van der Waals surface area (Å²) >= 11 is 0. The Morgan fingerprint density at radius 3 is 2.10 bits per heavy atom. The summed E-state index contributed by atoms with van der Waals surface area (Å²) in [7, 11) is 0. The number of aliphatic carboxylic acids is 2. The van der Waals surface area contributed by atoms with Crippen molar-refractivity contribution in [3.63, 3.8) is 0 Å². The molecule has 13 N–H and O–H groups in total. The van der Waals surface area contributed by atoms with Crippen molar-refractivity contribution in [1.82, 2.24) is 0 Å². The van der Waals surface area contributed by atoms with Gasteiger partial charge in [-0.1, -0.05) is 0 Å². The Morgan fingerprint density at radius 2 is 1.52 bits per heavy atom. The van der Waals surface area contributed by atoms with Crippen LogP contribution in [0.5, 0.6) is 0 Å². The lowest BCUT2D eigenvalue weighted by atomic mass is 9.90. The summed E-state index contributed by atoms with van der Waals surface area (Å²) in [5.41, 5.74) is 5.56. The third-order valence-electron chi connectivity index (χ3n) is 6.96. The molecule has 3 fully saturated rings. The van der Waals surface area contributed by atoms with Gasteiger partial charge in [-0.15, -0.1) is 0 Å². The fraction of sp³-hybridized carbons (Fsp3) is 0.905. The molecule has 1 unspecified atom stereocenters. The van der Waals surface area contributed by atoms with Crippen LogP contribution in [0.1, 0.15) is 12.8 Å². The molecule has 232 valence electrons. The van der Waals surface area contributed by atoms with Crippen molar-refractivity contribution >= 4 is 11.9 Å². The van der Waals surface area contributed by atoms with Gasteiger partial charge in [0.15, 0.2) is 6.29 Å². The number of ether oxygens (including phenoxy) is 5. The fourth-order valence-electron chi connectivity index (χ4n) is 4.63. The minimum Gasteiger partial charge on any atom is -0.477 e. The van der Waals surface area contributed by atoms with Crippen LogP contribution in [-0.2, 0) is 33.3 Å². The van der Waals surface area contributed by atoms with E-state index in [2.05, 4.69) is 0 Å². The quantitative estimate of drug-likeness (QED) is 0.112. The first-order valence-corrected chi connectivity index (χ1v) is 12.2. The average Bonchev–Trinajstić information content (AvgIpc) is 2.89. The number of nitrogens with two attached hydrogens (primary N) is 1. The van der Waals surface area contributed by atoms with Crippen LogP contribution in [0, 0.1) is 0 Å². The summed E-state index contributed by atoms with van der Waals surface area (Å²) in [6.45, 7) is -2.11. The van der Waals surface area contributed by atoms with Crippen molar-refractivity contribution in [2.75, 3.05) is 19.8 Å². The number of hydrogen-bond donors (Lipinski definition) is 12. The van der Waals surface area contributed by atoms with E-state index in [9.17, 15) is 65.8 Å². The first-order chi connectivity index (χ1) is 18.6. The first-order valence-electron chi connectivity index (χ1n) is 12.2. The highest BCUT2D eigenvalue weighted by molar-refractivity contribution is 5.76. The lowest BCUT2D eigenvalue weighted by Crippen LogP contribution is -2.67. The molecule has 19 heteroatoms. The largest absolute Gasteiger partial charge is 0.477 e. The standard InChI is InChI=1S/C21H35NO18/c22-6-4-36-17(14(30)11(6)27)37-5-9(26)16-13(29)10(2-20(35,39-16)18(31)32)38-21(19(33)34)1-7(24)12(28)15(40-21)8(25)3-23/h6-17,23-30,35H,1-5,22H2,(H,31,32)(H,33,34)/t6-,7+,8+,9+,10+,11-,12+,13+,14+,15+,16+,17+,20?,21+/m0/s1. The molecule has 0 aliphatic carbocycles. The van der Waals surface area contributed by atoms with Gasteiger partial charge in [-0.2, -0.15) is 0 Å². The molecule has 3 saturated heterocycles. The van der Waals surface area contributed by atoms with Gasteiger partial charge in [-0.3, -0.25) is 0 Å². The van der Waals surface area contributed by atoms with E-state index < -0.39 is 123 Å². The lowest BCUT2D eigenvalue weighted by molar-refractivity contribution is -0.370. The summed E-state index contributed by atoms with van der Waals surface area (Å²) in [4.78, 5) is 24.0. The molecule has 0 bridgehead atoms. The average molecular weight is 590 g/mol. The maximum atomic E-state index is 12.2. The van der Waals surface area contributed by atoms with Crippen LogP contribution in [0.25, 0.3) is 0 Å². The second kappa shape index (κ2) is 12.7. The number of hydrogen-bond acceptors (Lipinski definition) is 17. The van der Waals surface area contributed by atoms with E-state index in [0.29, 0.717) is 0 Å². The molecule has 14 atom stereocenters. The van der Waals surface area contributed by atoms with E-state index in [1.165, 1.54) is 0 Å². The van der Waals surface area contributed by atoms with Crippen molar-refractivity contribution in [3.8, 4) is 0 Å². The minimum atomic E-state index is -3.17. The molecule has 3 heterocycles. The van der Waals surface area contributed by atoms with Gasteiger partial charge in [0.2, 0.25) is 0 Å². The number of aliphatic hydroxyl groups is 9. The van der Waals surface area contributed by atoms with Gasteiger partial charge in [0, 0.05) is 12.8 Å². The zero-order valence-electron chi connectivity index (χ0n) is 20.8. The van der Waals surface area contributed by atoms with Gasteiger partial charge in [0.1, 0.15) is 48.8 Å². The van der Waals surface area contributed by atoms with Gasteiger partial charge in [-0.25, -0.2) is 9.59 Å².